The minimum Gasteiger partial charge on any atom is -0.342 e. The molecular weight excluding hydrogens is 345 g/mol. The van der Waals surface area contributed by atoms with E-state index in [9.17, 15) is 14.0 Å². The van der Waals surface area contributed by atoms with Crippen LogP contribution in [-0.2, 0) is 9.59 Å². The third-order valence-electron chi connectivity index (χ3n) is 5.27. The number of nitrogens with zero attached hydrogens (tertiary/aromatic N) is 1. The number of carbonyl (C=O) groups is 2. The zero-order chi connectivity index (χ0) is 18.0. The van der Waals surface area contributed by atoms with Crippen molar-refractivity contribution in [2.75, 3.05) is 31.5 Å². The Morgan fingerprint density at radius 2 is 2.00 bits per heavy atom. The quantitative estimate of drug-likeness (QED) is 0.859. The van der Waals surface area contributed by atoms with E-state index < -0.39 is 5.82 Å². The summed E-state index contributed by atoms with van der Waals surface area (Å²) >= 11 is 5.73. The highest BCUT2D eigenvalue weighted by molar-refractivity contribution is 6.31. The van der Waals surface area contributed by atoms with Crippen molar-refractivity contribution in [2.24, 2.45) is 17.8 Å². The van der Waals surface area contributed by atoms with Crippen LogP contribution in [0, 0.1) is 23.6 Å². The number of likely N-dealkylation sites (tertiary alicyclic amines) is 1. The zero-order valence-corrected chi connectivity index (χ0v) is 15.0. The maximum atomic E-state index is 13.2. The lowest BCUT2D eigenvalue weighted by molar-refractivity contribution is -0.140. The molecule has 1 atom stereocenters. The Hall–Kier alpha value is -1.66. The molecule has 0 saturated carbocycles. The second-order valence-corrected chi connectivity index (χ2v) is 7.33. The van der Waals surface area contributed by atoms with Crippen LogP contribution in [0.25, 0.3) is 0 Å². The molecule has 2 N–H and O–H groups in total. The first-order chi connectivity index (χ1) is 12.0. The van der Waals surface area contributed by atoms with E-state index >= 15 is 0 Å². The lowest BCUT2D eigenvalue weighted by Crippen LogP contribution is -2.52. The second-order valence-electron chi connectivity index (χ2n) is 6.92. The average Bonchev–Trinajstić information content (AvgIpc) is 2.56. The summed E-state index contributed by atoms with van der Waals surface area (Å²) in [5.41, 5.74) is 0.487. The molecule has 2 aliphatic heterocycles. The molecule has 1 unspecified atom stereocenters. The Morgan fingerprint density at radius 3 is 2.56 bits per heavy atom. The van der Waals surface area contributed by atoms with Gasteiger partial charge in [-0.3, -0.25) is 9.59 Å². The topological polar surface area (TPSA) is 61.4 Å². The van der Waals surface area contributed by atoms with Crippen LogP contribution in [0.3, 0.4) is 0 Å². The summed E-state index contributed by atoms with van der Waals surface area (Å²) in [5, 5.41) is 5.96. The molecule has 1 aromatic rings. The fourth-order valence-electron chi connectivity index (χ4n) is 3.33. The predicted octanol–water partition coefficient (Wildman–Crippen LogP) is 2.51. The van der Waals surface area contributed by atoms with Crippen molar-refractivity contribution in [2.45, 2.75) is 19.8 Å². The van der Waals surface area contributed by atoms with Gasteiger partial charge in [0.05, 0.1) is 5.02 Å². The first-order valence-corrected chi connectivity index (χ1v) is 9.09. The molecular formula is C18H23ClFN3O2. The maximum Gasteiger partial charge on any atom is 0.227 e. The van der Waals surface area contributed by atoms with Crippen molar-refractivity contribution in [3.63, 3.8) is 0 Å². The number of anilines is 1. The normalized spacial score (nSPS) is 20.0. The van der Waals surface area contributed by atoms with Crippen LogP contribution in [0.5, 0.6) is 0 Å². The Bertz CT molecular complexity index is 658. The van der Waals surface area contributed by atoms with E-state index in [0.717, 1.165) is 13.1 Å². The van der Waals surface area contributed by atoms with E-state index in [4.69, 9.17) is 11.6 Å². The summed E-state index contributed by atoms with van der Waals surface area (Å²) in [6.07, 6.45) is 1.28. The molecule has 2 aliphatic rings. The van der Waals surface area contributed by atoms with Gasteiger partial charge in [-0.2, -0.15) is 0 Å². The smallest absolute Gasteiger partial charge is 0.227 e. The SMILES string of the molecule is CC(C(=O)N1CCC(C(=O)Nc2ccc(F)c(Cl)c2)CC1)C1CNC1. The number of halogens is 2. The Balaban J connectivity index is 1.50. The Morgan fingerprint density at radius 1 is 1.32 bits per heavy atom. The van der Waals surface area contributed by atoms with Gasteiger partial charge in [0.2, 0.25) is 11.8 Å². The van der Waals surface area contributed by atoms with E-state index in [1.165, 1.54) is 18.2 Å². The number of piperidine rings is 1. The van der Waals surface area contributed by atoms with Gasteiger partial charge in [-0.1, -0.05) is 18.5 Å². The van der Waals surface area contributed by atoms with Gasteiger partial charge in [0.15, 0.2) is 0 Å². The van der Waals surface area contributed by atoms with Crippen molar-refractivity contribution in [3.05, 3.63) is 29.0 Å². The van der Waals surface area contributed by atoms with Gasteiger partial charge in [-0.25, -0.2) is 4.39 Å². The number of rotatable bonds is 4. The van der Waals surface area contributed by atoms with Gasteiger partial charge < -0.3 is 15.5 Å². The number of hydrogen-bond donors (Lipinski definition) is 2. The zero-order valence-electron chi connectivity index (χ0n) is 14.2. The minimum absolute atomic E-state index is 0.0160. The van der Waals surface area contributed by atoms with E-state index in [2.05, 4.69) is 10.6 Å². The number of benzene rings is 1. The van der Waals surface area contributed by atoms with Crippen LogP contribution in [0.4, 0.5) is 10.1 Å². The van der Waals surface area contributed by atoms with E-state index in [-0.39, 0.29) is 28.7 Å². The molecule has 25 heavy (non-hydrogen) atoms. The maximum absolute atomic E-state index is 13.2. The molecule has 0 spiro atoms. The van der Waals surface area contributed by atoms with Gasteiger partial charge in [0.1, 0.15) is 5.82 Å². The summed E-state index contributed by atoms with van der Waals surface area (Å²) < 4.78 is 13.2. The van der Waals surface area contributed by atoms with Gasteiger partial charge in [-0.15, -0.1) is 0 Å². The lowest BCUT2D eigenvalue weighted by atomic mass is 9.87. The molecule has 5 nitrogen and oxygen atoms in total. The van der Waals surface area contributed by atoms with Crippen LogP contribution in [0.1, 0.15) is 19.8 Å². The fraction of sp³-hybridized carbons (Fsp3) is 0.556. The van der Waals surface area contributed by atoms with Crippen molar-refractivity contribution in [3.8, 4) is 0 Å². The Labute approximate surface area is 151 Å². The van der Waals surface area contributed by atoms with Crippen molar-refractivity contribution in [1.82, 2.24) is 10.2 Å². The van der Waals surface area contributed by atoms with Gasteiger partial charge in [0, 0.05) is 30.6 Å². The number of carbonyl (C=O) groups excluding carboxylic acids is 2. The largest absolute Gasteiger partial charge is 0.342 e. The molecule has 0 bridgehead atoms. The number of nitrogens with one attached hydrogen (secondary N) is 2. The number of hydrogen-bond acceptors (Lipinski definition) is 3. The summed E-state index contributed by atoms with van der Waals surface area (Å²) in [4.78, 5) is 26.8. The van der Waals surface area contributed by atoms with Crippen molar-refractivity contribution < 1.29 is 14.0 Å². The van der Waals surface area contributed by atoms with Crippen molar-refractivity contribution >= 4 is 29.1 Å². The standard InChI is InChI=1S/C18H23ClFN3O2/c1-11(13-9-21-10-13)18(25)23-6-4-12(5-7-23)17(24)22-14-2-3-16(20)15(19)8-14/h2-3,8,11-13,21H,4-7,9-10H2,1H3,(H,22,24). The summed E-state index contributed by atoms with van der Waals surface area (Å²) in [6, 6.07) is 4.13. The molecule has 2 heterocycles. The molecule has 0 radical (unpaired) electrons. The molecule has 0 aromatic heterocycles. The Kier molecular flexibility index (Phi) is 5.59. The van der Waals surface area contributed by atoms with Gasteiger partial charge in [-0.05, 0) is 50.0 Å². The van der Waals surface area contributed by atoms with Crippen LogP contribution in [0.2, 0.25) is 5.02 Å². The van der Waals surface area contributed by atoms with E-state index in [1.54, 1.807) is 0 Å². The van der Waals surface area contributed by atoms with Crippen LogP contribution < -0.4 is 10.6 Å². The van der Waals surface area contributed by atoms with Gasteiger partial charge in [0.25, 0.3) is 0 Å². The molecule has 7 heteroatoms. The highest BCUT2D eigenvalue weighted by Crippen LogP contribution is 2.25. The predicted molar refractivity (Wildman–Crippen MR) is 94.9 cm³/mol. The van der Waals surface area contributed by atoms with Crippen LogP contribution in [0.15, 0.2) is 18.2 Å². The molecule has 2 amide bonds. The highest BCUT2D eigenvalue weighted by Gasteiger charge is 2.34. The third-order valence-corrected chi connectivity index (χ3v) is 5.56. The summed E-state index contributed by atoms with van der Waals surface area (Å²) in [5.74, 6) is -0.109. The fourth-order valence-corrected chi connectivity index (χ4v) is 3.51. The molecule has 136 valence electrons. The van der Waals surface area contributed by atoms with Crippen LogP contribution >= 0.6 is 11.6 Å². The second kappa shape index (κ2) is 7.70. The minimum atomic E-state index is -0.512. The van der Waals surface area contributed by atoms with E-state index in [0.29, 0.717) is 37.5 Å². The average molecular weight is 368 g/mol. The van der Waals surface area contributed by atoms with E-state index in [1.807, 2.05) is 11.8 Å². The lowest BCUT2D eigenvalue weighted by Gasteiger charge is -2.37. The molecule has 3 rings (SSSR count). The van der Waals surface area contributed by atoms with Crippen LogP contribution in [-0.4, -0.2) is 42.9 Å². The highest BCUT2D eigenvalue weighted by atomic mass is 35.5. The first kappa shape index (κ1) is 18.1. The monoisotopic (exact) mass is 367 g/mol. The molecule has 1 aromatic carbocycles. The third kappa shape index (κ3) is 4.12. The summed E-state index contributed by atoms with van der Waals surface area (Å²) in [7, 11) is 0. The molecule has 0 aliphatic carbocycles. The molecule has 2 fully saturated rings. The number of amides is 2. The molecule has 2 saturated heterocycles. The summed E-state index contributed by atoms with van der Waals surface area (Å²) in [6.45, 7) is 5.01. The van der Waals surface area contributed by atoms with Gasteiger partial charge >= 0.3 is 0 Å². The van der Waals surface area contributed by atoms with Crippen molar-refractivity contribution in [1.29, 1.82) is 0 Å². The first-order valence-electron chi connectivity index (χ1n) is 8.71.